The van der Waals surface area contributed by atoms with E-state index < -0.39 is 59.5 Å². The zero-order chi connectivity index (χ0) is 28.4. The maximum Gasteiger partial charge on any atom is 0.408 e. The van der Waals surface area contributed by atoms with E-state index in [4.69, 9.17) is 18.9 Å². The van der Waals surface area contributed by atoms with Gasteiger partial charge in [-0.3, -0.25) is 19.3 Å². The molecule has 1 fully saturated rings. The summed E-state index contributed by atoms with van der Waals surface area (Å²) in [4.78, 5) is 73.2. The number of carbonyl (C=O) groups excluding carboxylic acids is 5. The molecule has 2 aliphatic heterocycles. The van der Waals surface area contributed by atoms with Crippen LogP contribution < -0.4 is 14.8 Å². The molecule has 1 aromatic rings. The molecule has 0 radical (unpaired) electrons. The summed E-state index contributed by atoms with van der Waals surface area (Å²) >= 11 is 1.19. The number of carboxylic acid groups (broad SMARTS) is 1. The fraction of sp³-hybridized carbons (Fsp3) is 0.417. The Morgan fingerprint density at radius 1 is 1.08 bits per heavy atom. The molecule has 1 aromatic carbocycles. The second-order valence-electron chi connectivity index (χ2n) is 9.22. The minimum absolute atomic E-state index is 0.0578. The number of carboxylic acids is 1. The van der Waals surface area contributed by atoms with Crippen molar-refractivity contribution in [2.45, 2.75) is 51.6 Å². The molecule has 38 heavy (non-hydrogen) atoms. The quantitative estimate of drug-likeness (QED) is 0.287. The van der Waals surface area contributed by atoms with Crippen LogP contribution in [0, 0.1) is 0 Å². The van der Waals surface area contributed by atoms with Gasteiger partial charge in [-0.2, -0.15) is 0 Å². The average Bonchev–Trinajstić information content (AvgIpc) is 2.79. The SMILES string of the molecule is CC(=O)Oc1ccc(C(=O)OCC2=C(C(=O)O)N3C(=O)C(NC(=O)OC(C)(C)C)C3SC2)cc1OC(C)=O. The zero-order valence-corrected chi connectivity index (χ0v) is 22.0. The van der Waals surface area contributed by atoms with Gasteiger partial charge < -0.3 is 29.4 Å². The number of nitrogens with one attached hydrogen (secondary N) is 1. The summed E-state index contributed by atoms with van der Waals surface area (Å²) in [6, 6.07) is 2.70. The van der Waals surface area contributed by atoms with E-state index in [1.807, 2.05) is 0 Å². The molecule has 0 spiro atoms. The summed E-state index contributed by atoms with van der Waals surface area (Å²) in [6.07, 6.45) is -0.801. The van der Waals surface area contributed by atoms with Crippen molar-refractivity contribution < 1.29 is 52.8 Å². The number of rotatable bonds is 7. The molecule has 0 saturated carbocycles. The fourth-order valence-electron chi connectivity index (χ4n) is 3.57. The van der Waals surface area contributed by atoms with E-state index in [1.165, 1.54) is 23.9 Å². The standard InChI is InChI=1S/C24H26N2O11S/c1-11(27)35-15-7-6-13(8-16(15)36-12(2)28)22(32)34-9-14-10-38-20-17(25-23(33)37-24(3,4)5)19(29)26(20)18(14)21(30)31/h6-8,17,20H,9-10H2,1-5H3,(H,25,33)(H,30,31). The smallest absolute Gasteiger partial charge is 0.408 e. The summed E-state index contributed by atoms with van der Waals surface area (Å²) in [5.41, 5.74) is -0.996. The topological polar surface area (TPSA) is 175 Å². The summed E-state index contributed by atoms with van der Waals surface area (Å²) in [5, 5.41) is 11.6. The van der Waals surface area contributed by atoms with Crippen molar-refractivity contribution in [1.82, 2.24) is 10.2 Å². The molecule has 204 valence electrons. The number of esters is 3. The number of thioether (sulfide) groups is 1. The molecule has 14 heteroatoms. The van der Waals surface area contributed by atoms with Crippen LogP contribution in [0.25, 0.3) is 0 Å². The first-order valence-electron chi connectivity index (χ1n) is 11.3. The lowest BCUT2D eigenvalue weighted by Crippen LogP contribution is -2.70. The molecule has 2 heterocycles. The predicted molar refractivity (Wildman–Crippen MR) is 130 cm³/mol. The lowest BCUT2D eigenvalue weighted by molar-refractivity contribution is -0.149. The molecule has 0 aliphatic carbocycles. The van der Waals surface area contributed by atoms with Crippen LogP contribution in [0.5, 0.6) is 11.5 Å². The first kappa shape index (κ1) is 28.5. The van der Waals surface area contributed by atoms with E-state index in [2.05, 4.69) is 5.32 Å². The third kappa shape index (κ3) is 6.62. The molecule has 2 amide bonds. The van der Waals surface area contributed by atoms with Crippen LogP contribution in [-0.4, -0.2) is 75.3 Å². The monoisotopic (exact) mass is 550 g/mol. The van der Waals surface area contributed by atoms with Gasteiger partial charge in [0.2, 0.25) is 0 Å². The zero-order valence-electron chi connectivity index (χ0n) is 21.2. The lowest BCUT2D eigenvalue weighted by atomic mass is 10.0. The van der Waals surface area contributed by atoms with E-state index in [9.17, 15) is 33.9 Å². The molecular weight excluding hydrogens is 524 g/mol. The van der Waals surface area contributed by atoms with Gasteiger partial charge in [-0.25, -0.2) is 14.4 Å². The normalized spacial score (nSPS) is 18.6. The molecule has 0 aromatic heterocycles. The number of fused-ring (bicyclic) bond motifs is 1. The van der Waals surface area contributed by atoms with Crippen LogP contribution >= 0.6 is 11.8 Å². The number of hydrogen-bond acceptors (Lipinski definition) is 11. The number of β-lactam (4-membered cyclic amide) rings is 1. The number of aliphatic carboxylic acids is 1. The Kier molecular flexibility index (Phi) is 8.35. The highest BCUT2D eigenvalue weighted by molar-refractivity contribution is 8.00. The Hall–Kier alpha value is -4.07. The van der Waals surface area contributed by atoms with Crippen LogP contribution in [0.2, 0.25) is 0 Å². The summed E-state index contributed by atoms with van der Waals surface area (Å²) in [7, 11) is 0. The largest absolute Gasteiger partial charge is 0.477 e. The molecule has 13 nitrogen and oxygen atoms in total. The van der Waals surface area contributed by atoms with E-state index in [0.717, 1.165) is 24.8 Å². The second-order valence-corrected chi connectivity index (χ2v) is 10.3. The van der Waals surface area contributed by atoms with E-state index in [1.54, 1.807) is 20.8 Å². The maximum absolute atomic E-state index is 12.7. The van der Waals surface area contributed by atoms with Crippen LogP contribution in [0.15, 0.2) is 29.5 Å². The third-order valence-electron chi connectivity index (χ3n) is 4.99. The molecule has 2 unspecified atom stereocenters. The summed E-state index contributed by atoms with van der Waals surface area (Å²) < 4.78 is 20.4. The van der Waals surface area contributed by atoms with Crippen LogP contribution in [0.3, 0.4) is 0 Å². The number of nitrogens with zero attached hydrogens (tertiary/aromatic N) is 1. The van der Waals surface area contributed by atoms with Crippen molar-refractivity contribution in [3.8, 4) is 11.5 Å². The summed E-state index contributed by atoms with van der Waals surface area (Å²) in [6.45, 7) is 6.84. The van der Waals surface area contributed by atoms with Gasteiger partial charge in [0.15, 0.2) is 11.5 Å². The number of hydrogen-bond donors (Lipinski definition) is 2. The molecule has 0 bridgehead atoms. The number of carbonyl (C=O) groups is 6. The predicted octanol–water partition coefficient (Wildman–Crippen LogP) is 1.84. The van der Waals surface area contributed by atoms with Crippen molar-refractivity contribution in [2.24, 2.45) is 0 Å². The van der Waals surface area contributed by atoms with Crippen LogP contribution in [0.1, 0.15) is 45.0 Å². The van der Waals surface area contributed by atoms with Gasteiger partial charge in [-0.05, 0) is 39.0 Å². The number of benzene rings is 1. The number of alkyl carbamates (subject to hydrolysis) is 1. The molecule has 2 aliphatic rings. The minimum atomic E-state index is -1.40. The van der Waals surface area contributed by atoms with Gasteiger partial charge in [0.25, 0.3) is 5.91 Å². The van der Waals surface area contributed by atoms with Crippen LogP contribution in [-0.2, 0) is 28.7 Å². The van der Waals surface area contributed by atoms with E-state index in [-0.39, 0.29) is 34.1 Å². The second kappa shape index (κ2) is 11.1. The van der Waals surface area contributed by atoms with E-state index in [0.29, 0.717) is 0 Å². The Morgan fingerprint density at radius 3 is 2.29 bits per heavy atom. The van der Waals surface area contributed by atoms with Crippen molar-refractivity contribution in [3.63, 3.8) is 0 Å². The average molecular weight is 551 g/mol. The molecule has 1 saturated heterocycles. The van der Waals surface area contributed by atoms with Crippen molar-refractivity contribution >= 4 is 47.6 Å². The molecule has 2 N–H and O–H groups in total. The molecule has 2 atom stereocenters. The minimum Gasteiger partial charge on any atom is -0.477 e. The van der Waals surface area contributed by atoms with E-state index >= 15 is 0 Å². The Labute approximate surface area is 221 Å². The van der Waals surface area contributed by atoms with Crippen molar-refractivity contribution in [3.05, 3.63) is 35.0 Å². The fourth-order valence-corrected chi connectivity index (χ4v) is 4.90. The first-order chi connectivity index (χ1) is 17.7. The summed E-state index contributed by atoms with van der Waals surface area (Å²) in [5.74, 6) is -4.45. The van der Waals surface area contributed by atoms with Gasteiger partial charge in [0.1, 0.15) is 29.3 Å². The van der Waals surface area contributed by atoms with Crippen molar-refractivity contribution in [2.75, 3.05) is 12.4 Å². The first-order valence-corrected chi connectivity index (χ1v) is 12.3. The highest BCUT2D eigenvalue weighted by atomic mass is 32.2. The number of ether oxygens (including phenoxy) is 4. The van der Waals surface area contributed by atoms with Gasteiger partial charge in [-0.1, -0.05) is 0 Å². The van der Waals surface area contributed by atoms with Gasteiger partial charge in [0.05, 0.1) is 5.56 Å². The van der Waals surface area contributed by atoms with Gasteiger partial charge in [0, 0.05) is 25.2 Å². The maximum atomic E-state index is 12.7. The van der Waals surface area contributed by atoms with Gasteiger partial charge >= 0.3 is 30.0 Å². The van der Waals surface area contributed by atoms with Crippen LogP contribution in [0.4, 0.5) is 4.79 Å². The lowest BCUT2D eigenvalue weighted by Gasteiger charge is -2.49. The Morgan fingerprint density at radius 2 is 1.71 bits per heavy atom. The molecular formula is C24H26N2O11S. The Balaban J connectivity index is 1.73. The highest BCUT2D eigenvalue weighted by Gasteiger charge is 2.54. The number of amides is 2. The van der Waals surface area contributed by atoms with Crippen molar-refractivity contribution in [1.29, 1.82) is 0 Å². The van der Waals surface area contributed by atoms with Gasteiger partial charge in [-0.15, -0.1) is 11.8 Å². The highest BCUT2D eigenvalue weighted by Crippen LogP contribution is 2.40. The third-order valence-corrected chi connectivity index (χ3v) is 6.33. The molecule has 3 rings (SSSR count). The Bertz CT molecular complexity index is 1230.